The lowest BCUT2D eigenvalue weighted by molar-refractivity contribution is -0.870. The normalized spacial score (nSPS) is 16.3. The van der Waals surface area contributed by atoms with Gasteiger partial charge in [-0.1, -0.05) is 19.8 Å². The number of hydroxylamine groups is 2. The number of rotatable bonds is 13. The summed E-state index contributed by atoms with van der Waals surface area (Å²) in [4.78, 5) is 20.9. The lowest BCUT2D eigenvalue weighted by Gasteiger charge is -2.28. The van der Waals surface area contributed by atoms with Crippen LogP contribution >= 0.6 is 7.82 Å². The molecule has 0 radical (unpaired) electrons. The second kappa shape index (κ2) is 10.4. The van der Waals surface area contributed by atoms with E-state index >= 15 is 0 Å². The highest BCUT2D eigenvalue weighted by molar-refractivity contribution is 7.47. The first-order chi connectivity index (χ1) is 10.5. The van der Waals surface area contributed by atoms with Crippen LogP contribution in [0.4, 0.5) is 0 Å². The summed E-state index contributed by atoms with van der Waals surface area (Å²) in [7, 11) is 1.25. The van der Waals surface area contributed by atoms with E-state index in [2.05, 4.69) is 0 Å². The molecule has 138 valence electrons. The molecule has 0 rings (SSSR count). The van der Waals surface area contributed by atoms with Crippen molar-refractivity contribution < 1.29 is 38.1 Å². The number of hydrogen-bond acceptors (Lipinski definition) is 6. The number of likely N-dealkylation sites (N-methyl/N-ethyl adjacent to an activating group) is 1. The minimum Gasteiger partial charge on any atom is -0.480 e. The number of phosphoric ester groups is 1. The molecule has 1 unspecified atom stereocenters. The monoisotopic (exact) mass is 357 g/mol. The maximum Gasteiger partial charge on any atom is 0.489 e. The van der Waals surface area contributed by atoms with Crippen molar-refractivity contribution in [2.45, 2.75) is 32.2 Å². The highest BCUT2D eigenvalue weighted by Crippen LogP contribution is 2.44. The van der Waals surface area contributed by atoms with E-state index in [-0.39, 0.29) is 13.2 Å². The summed E-state index contributed by atoms with van der Waals surface area (Å²) in [6.07, 6.45) is 2.26. The molecule has 3 N–H and O–H groups in total. The third-order valence-electron chi connectivity index (χ3n) is 3.01. The minimum absolute atomic E-state index is 0.0169. The number of carboxylic acid groups (broad SMARTS) is 1. The average Bonchev–Trinajstić information content (AvgIpc) is 2.36. The highest BCUT2D eigenvalue weighted by Gasteiger charge is 2.33. The molecule has 0 spiro atoms. The van der Waals surface area contributed by atoms with Gasteiger partial charge in [0.25, 0.3) is 0 Å². The molecule has 0 saturated carbocycles. The predicted octanol–water partition coefficient (Wildman–Crippen LogP) is 0.679. The van der Waals surface area contributed by atoms with E-state index in [9.17, 15) is 19.4 Å². The molecule has 0 fully saturated rings. The molecule has 0 aromatic heterocycles. The maximum atomic E-state index is 12.0. The fraction of sp³-hybridized carbons (Fsp3) is 0.923. The van der Waals surface area contributed by atoms with E-state index in [1.165, 1.54) is 0 Å². The zero-order valence-electron chi connectivity index (χ0n) is 14.3. The van der Waals surface area contributed by atoms with Crippen molar-refractivity contribution in [2.75, 3.05) is 47.4 Å². The van der Waals surface area contributed by atoms with Crippen molar-refractivity contribution in [3.8, 4) is 0 Å². The molecule has 0 aliphatic carbocycles. The van der Waals surface area contributed by atoms with E-state index in [1.807, 2.05) is 28.1 Å². The van der Waals surface area contributed by atoms with Gasteiger partial charge < -0.3 is 19.6 Å². The van der Waals surface area contributed by atoms with Crippen molar-refractivity contribution in [1.29, 1.82) is 0 Å². The Morgan fingerprint density at radius 2 is 1.91 bits per heavy atom. The summed E-state index contributed by atoms with van der Waals surface area (Å²) in [5.41, 5.74) is 0. The van der Waals surface area contributed by atoms with Crippen molar-refractivity contribution in [3.63, 3.8) is 0 Å². The fourth-order valence-electron chi connectivity index (χ4n) is 1.65. The first-order valence-electron chi connectivity index (χ1n) is 7.60. The molecule has 0 aromatic carbocycles. The van der Waals surface area contributed by atoms with Crippen LogP contribution in [0.1, 0.15) is 26.2 Å². The third kappa shape index (κ3) is 10.8. The van der Waals surface area contributed by atoms with Gasteiger partial charge in [-0.25, -0.2) is 4.57 Å². The number of nitrogens with zero attached hydrogens (tertiary/aromatic N) is 2. The number of unbranched alkanes of at least 4 members (excludes halogenated alkanes) is 2. The average molecular weight is 357 g/mol. The van der Waals surface area contributed by atoms with Crippen molar-refractivity contribution >= 4 is 13.8 Å². The van der Waals surface area contributed by atoms with E-state index in [4.69, 9.17) is 14.3 Å². The van der Waals surface area contributed by atoms with Crippen LogP contribution in [0.3, 0.4) is 0 Å². The third-order valence-corrected chi connectivity index (χ3v) is 3.94. The van der Waals surface area contributed by atoms with E-state index in [1.54, 1.807) is 0 Å². The second-order valence-electron chi connectivity index (χ2n) is 6.28. The smallest absolute Gasteiger partial charge is 0.480 e. The van der Waals surface area contributed by atoms with Gasteiger partial charge in [0, 0.05) is 6.54 Å². The van der Waals surface area contributed by atoms with Crippen LogP contribution < -0.4 is 0 Å². The Kier molecular flexibility index (Phi) is 10.1. The lowest BCUT2D eigenvalue weighted by Crippen LogP contribution is -2.44. The Morgan fingerprint density at radius 1 is 1.30 bits per heavy atom. The van der Waals surface area contributed by atoms with Gasteiger partial charge in [0.05, 0.1) is 27.7 Å². The Morgan fingerprint density at radius 3 is 2.35 bits per heavy atom. The first-order valence-corrected chi connectivity index (χ1v) is 9.09. The molecule has 0 aliphatic heterocycles. The van der Waals surface area contributed by atoms with Crippen LogP contribution in [0, 0.1) is 0 Å². The lowest BCUT2D eigenvalue weighted by atomic mass is 10.2. The summed E-state index contributed by atoms with van der Waals surface area (Å²) >= 11 is 0. The molecule has 0 aromatic rings. The number of carbonyl (C=O) groups is 1. The Balaban J connectivity index is 4.76. The minimum atomic E-state index is -4.45. The molecule has 0 saturated heterocycles. The van der Waals surface area contributed by atoms with Crippen molar-refractivity contribution in [2.24, 2.45) is 0 Å². The summed E-state index contributed by atoms with van der Waals surface area (Å²) in [5.74, 6) is -1.34. The molecule has 0 heterocycles. The van der Waals surface area contributed by atoms with Gasteiger partial charge >= 0.3 is 13.8 Å². The summed E-state index contributed by atoms with van der Waals surface area (Å²) < 4.78 is 22.3. The zero-order valence-corrected chi connectivity index (χ0v) is 15.2. The molecule has 9 nitrogen and oxygen atoms in total. The zero-order chi connectivity index (χ0) is 18.1. The summed E-state index contributed by atoms with van der Waals surface area (Å²) in [5, 5.41) is 19.1. The molecular weight excluding hydrogens is 327 g/mol. The van der Waals surface area contributed by atoms with Crippen LogP contribution in [-0.2, 0) is 18.5 Å². The highest BCUT2D eigenvalue weighted by atomic mass is 31.2. The Bertz CT molecular complexity index is 400. The second-order valence-corrected chi connectivity index (χ2v) is 7.64. The molecule has 10 heteroatoms. The van der Waals surface area contributed by atoms with Gasteiger partial charge in [-0.05, 0) is 6.42 Å². The largest absolute Gasteiger partial charge is 0.489 e. The van der Waals surface area contributed by atoms with Crippen LogP contribution in [0.2, 0.25) is 0 Å². The standard InChI is InChI=1S/C13H29N2O7P/c1-5-6-7-8-14(12(11-16)13(17)18)22-23(19,20)21-10-9-15(2,3)4/h12,16H,5-11H2,1-4H3,(H-,17,18,19,20)/p+1/t12-/m0/s1. The number of aliphatic hydroxyl groups excluding tert-OH is 1. The number of phosphoric acid groups is 1. The van der Waals surface area contributed by atoms with Crippen LogP contribution in [0.15, 0.2) is 0 Å². The first kappa shape index (κ1) is 22.5. The van der Waals surface area contributed by atoms with Crippen molar-refractivity contribution in [1.82, 2.24) is 5.06 Å². The topological polar surface area (TPSA) is 117 Å². The fourth-order valence-corrected chi connectivity index (χ4v) is 2.47. The molecule has 0 bridgehead atoms. The quantitative estimate of drug-likeness (QED) is 0.191. The van der Waals surface area contributed by atoms with Crippen LogP contribution in [0.5, 0.6) is 0 Å². The number of quaternary nitrogens is 1. The van der Waals surface area contributed by atoms with Gasteiger partial charge in [-0.2, -0.15) is 9.69 Å². The van der Waals surface area contributed by atoms with E-state index < -0.39 is 26.4 Å². The number of aliphatic carboxylic acids is 1. The SMILES string of the molecule is CCCCCN(OP(=O)(O)OCC[N+](C)(C)C)[C@@H](CO)C(=O)O. The number of hydrogen-bond donors (Lipinski definition) is 3. The van der Waals surface area contributed by atoms with Crippen LogP contribution in [0.25, 0.3) is 0 Å². The van der Waals surface area contributed by atoms with Gasteiger partial charge in [0.15, 0.2) is 6.04 Å². The molecule has 2 atom stereocenters. The molecule has 23 heavy (non-hydrogen) atoms. The van der Waals surface area contributed by atoms with E-state index in [0.29, 0.717) is 17.4 Å². The van der Waals surface area contributed by atoms with Crippen LogP contribution in [-0.4, -0.2) is 84.1 Å². The van der Waals surface area contributed by atoms with E-state index in [0.717, 1.165) is 17.9 Å². The molecule has 0 aliphatic rings. The maximum absolute atomic E-state index is 12.0. The Labute approximate surface area is 137 Å². The van der Waals surface area contributed by atoms with Gasteiger partial charge in [0.2, 0.25) is 0 Å². The van der Waals surface area contributed by atoms with Gasteiger partial charge in [0.1, 0.15) is 13.2 Å². The summed E-state index contributed by atoms with van der Waals surface area (Å²) in [6, 6.07) is -1.42. The predicted molar refractivity (Wildman–Crippen MR) is 84.5 cm³/mol. The number of carboxylic acids is 1. The molecule has 0 amide bonds. The van der Waals surface area contributed by atoms with Gasteiger partial charge in [-0.3, -0.25) is 9.32 Å². The summed E-state index contributed by atoms with van der Waals surface area (Å²) in [6.45, 7) is 1.80. The number of aliphatic hydroxyl groups is 1. The Hall–Kier alpha value is -0.540. The molecular formula is C13H30N2O7P+. The van der Waals surface area contributed by atoms with Crippen molar-refractivity contribution in [3.05, 3.63) is 0 Å². The van der Waals surface area contributed by atoms with Gasteiger partial charge in [-0.15, -0.1) is 0 Å².